The lowest BCUT2D eigenvalue weighted by Gasteiger charge is -2.29. The van der Waals surface area contributed by atoms with Crippen LogP contribution in [0.5, 0.6) is 0 Å². The molecule has 2 aliphatic heterocycles. The Hall–Kier alpha value is -1.98. The van der Waals surface area contributed by atoms with Gasteiger partial charge in [0.15, 0.2) is 0 Å². The second-order valence-electron chi connectivity index (χ2n) is 7.72. The summed E-state index contributed by atoms with van der Waals surface area (Å²) >= 11 is 6.28. The number of carbonyl (C=O) groups excluding carboxylic acids is 1. The van der Waals surface area contributed by atoms with Gasteiger partial charge in [0.2, 0.25) is 0 Å². The van der Waals surface area contributed by atoms with Crippen LogP contribution in [0.1, 0.15) is 42.1 Å². The zero-order valence-corrected chi connectivity index (χ0v) is 16.6. The molecular formula is C22H23ClF2N2O. The van der Waals surface area contributed by atoms with Crippen molar-refractivity contribution >= 4 is 23.2 Å². The summed E-state index contributed by atoms with van der Waals surface area (Å²) in [6.07, 6.45) is 2.81. The standard InChI is InChI=1S/C22H23ClF2N2O/c1-2-26-11-4-9-22(10-12-26)14-27(19-8-7-15(23)13-16(19)22)21(28)20-17(24)5-3-6-18(20)25/h3,5-8,13H,2,4,9-12,14H2,1H3. The third kappa shape index (κ3) is 3.20. The molecule has 0 radical (unpaired) electrons. The van der Waals surface area contributed by atoms with Crippen LogP contribution in [0.15, 0.2) is 36.4 Å². The molecule has 1 saturated heterocycles. The quantitative estimate of drug-likeness (QED) is 0.701. The van der Waals surface area contributed by atoms with Gasteiger partial charge in [0.1, 0.15) is 17.2 Å². The summed E-state index contributed by atoms with van der Waals surface area (Å²) in [7, 11) is 0. The zero-order chi connectivity index (χ0) is 19.9. The Morgan fingerprint density at radius 1 is 1.14 bits per heavy atom. The van der Waals surface area contributed by atoms with Gasteiger partial charge in [0.25, 0.3) is 5.91 Å². The van der Waals surface area contributed by atoms with E-state index >= 15 is 0 Å². The maximum absolute atomic E-state index is 14.3. The molecule has 4 rings (SSSR count). The summed E-state index contributed by atoms with van der Waals surface area (Å²) in [6, 6.07) is 8.96. The first-order valence-electron chi connectivity index (χ1n) is 9.73. The van der Waals surface area contributed by atoms with Crippen molar-refractivity contribution in [1.82, 2.24) is 4.90 Å². The number of hydrogen-bond donors (Lipinski definition) is 0. The van der Waals surface area contributed by atoms with Crippen molar-refractivity contribution in [2.75, 3.05) is 31.1 Å². The summed E-state index contributed by atoms with van der Waals surface area (Å²) in [5.74, 6) is -2.30. The van der Waals surface area contributed by atoms with Crippen molar-refractivity contribution < 1.29 is 13.6 Å². The second kappa shape index (κ2) is 7.45. The van der Waals surface area contributed by atoms with Crippen molar-refractivity contribution in [3.05, 3.63) is 64.2 Å². The van der Waals surface area contributed by atoms with Crippen molar-refractivity contribution in [2.24, 2.45) is 0 Å². The number of anilines is 1. The molecule has 2 heterocycles. The zero-order valence-electron chi connectivity index (χ0n) is 15.9. The van der Waals surface area contributed by atoms with Gasteiger partial charge in [0.05, 0.1) is 0 Å². The van der Waals surface area contributed by atoms with Crippen molar-refractivity contribution in [2.45, 2.75) is 31.6 Å². The first-order valence-corrected chi connectivity index (χ1v) is 10.1. The molecule has 2 aromatic carbocycles. The molecule has 2 aromatic rings. The highest BCUT2D eigenvalue weighted by Crippen LogP contribution is 2.48. The molecule has 0 aliphatic carbocycles. The monoisotopic (exact) mass is 404 g/mol. The number of nitrogens with zero attached hydrogens (tertiary/aromatic N) is 2. The summed E-state index contributed by atoms with van der Waals surface area (Å²) < 4.78 is 28.5. The Balaban J connectivity index is 1.76. The smallest absolute Gasteiger partial charge is 0.264 e. The number of benzene rings is 2. The van der Waals surface area contributed by atoms with Crippen LogP contribution in [0, 0.1) is 11.6 Å². The van der Waals surface area contributed by atoms with Crippen molar-refractivity contribution in [1.29, 1.82) is 0 Å². The second-order valence-corrected chi connectivity index (χ2v) is 8.15. The van der Waals surface area contributed by atoms with Gasteiger partial charge in [-0.05, 0) is 74.8 Å². The van der Waals surface area contributed by atoms with E-state index in [0.29, 0.717) is 17.3 Å². The fourth-order valence-electron chi connectivity index (χ4n) is 4.65. The third-order valence-corrected chi connectivity index (χ3v) is 6.42. The highest BCUT2D eigenvalue weighted by molar-refractivity contribution is 6.30. The number of likely N-dealkylation sites (tertiary alicyclic amines) is 1. The molecule has 6 heteroatoms. The molecule has 1 fully saturated rings. The molecule has 1 amide bonds. The van der Waals surface area contributed by atoms with Crippen LogP contribution in [0.4, 0.5) is 14.5 Å². The highest BCUT2D eigenvalue weighted by Gasteiger charge is 2.46. The Morgan fingerprint density at radius 3 is 2.61 bits per heavy atom. The Bertz CT molecular complexity index is 899. The first-order chi connectivity index (χ1) is 13.4. The number of hydrogen-bond acceptors (Lipinski definition) is 2. The molecule has 0 aromatic heterocycles. The average molecular weight is 405 g/mol. The van der Waals surface area contributed by atoms with Crippen LogP contribution in [-0.4, -0.2) is 37.0 Å². The molecule has 1 unspecified atom stereocenters. The summed E-state index contributed by atoms with van der Waals surface area (Å²) in [5.41, 5.74) is 0.996. The predicted molar refractivity (Wildman–Crippen MR) is 107 cm³/mol. The van der Waals surface area contributed by atoms with E-state index in [9.17, 15) is 13.6 Å². The molecular weight excluding hydrogens is 382 g/mol. The van der Waals surface area contributed by atoms with Crippen molar-refractivity contribution in [3.63, 3.8) is 0 Å². The van der Waals surface area contributed by atoms with Gasteiger partial charge in [-0.2, -0.15) is 0 Å². The van der Waals surface area contributed by atoms with Gasteiger partial charge in [-0.25, -0.2) is 8.78 Å². The van der Waals surface area contributed by atoms with E-state index in [1.54, 1.807) is 12.1 Å². The Morgan fingerprint density at radius 2 is 1.89 bits per heavy atom. The predicted octanol–water partition coefficient (Wildman–Crippen LogP) is 5.02. The average Bonchev–Trinajstić information content (AvgIpc) is 2.83. The van der Waals surface area contributed by atoms with Crippen LogP contribution in [0.3, 0.4) is 0 Å². The summed E-state index contributed by atoms with van der Waals surface area (Å²) in [5, 5.41) is 0.612. The van der Waals surface area contributed by atoms with Crippen LogP contribution < -0.4 is 4.90 Å². The fraction of sp³-hybridized carbons (Fsp3) is 0.409. The summed E-state index contributed by atoms with van der Waals surface area (Å²) in [6.45, 7) is 5.51. The molecule has 2 aliphatic rings. The third-order valence-electron chi connectivity index (χ3n) is 6.19. The van der Waals surface area contributed by atoms with Gasteiger partial charge >= 0.3 is 0 Å². The van der Waals surface area contributed by atoms with Gasteiger partial charge in [-0.3, -0.25) is 4.79 Å². The van der Waals surface area contributed by atoms with E-state index < -0.39 is 23.1 Å². The number of carbonyl (C=O) groups is 1. The van der Waals surface area contributed by atoms with E-state index in [-0.39, 0.29) is 5.41 Å². The van der Waals surface area contributed by atoms with Gasteiger partial charge < -0.3 is 9.80 Å². The van der Waals surface area contributed by atoms with Crippen LogP contribution in [0.2, 0.25) is 5.02 Å². The molecule has 0 bridgehead atoms. The van der Waals surface area contributed by atoms with E-state index in [4.69, 9.17) is 11.6 Å². The van der Waals surface area contributed by atoms with Crippen LogP contribution >= 0.6 is 11.6 Å². The topological polar surface area (TPSA) is 23.6 Å². The minimum absolute atomic E-state index is 0.235. The number of amides is 1. The lowest BCUT2D eigenvalue weighted by molar-refractivity contribution is 0.0975. The molecule has 1 spiro atoms. The minimum Gasteiger partial charge on any atom is -0.307 e. The number of rotatable bonds is 2. The van der Waals surface area contributed by atoms with Gasteiger partial charge in [0, 0.05) is 22.7 Å². The van der Waals surface area contributed by atoms with E-state index in [1.165, 1.54) is 11.0 Å². The highest BCUT2D eigenvalue weighted by atomic mass is 35.5. The summed E-state index contributed by atoms with van der Waals surface area (Å²) in [4.78, 5) is 17.1. The molecule has 0 saturated carbocycles. The molecule has 0 N–H and O–H groups in total. The largest absolute Gasteiger partial charge is 0.307 e. The van der Waals surface area contributed by atoms with E-state index in [1.807, 2.05) is 6.07 Å². The SMILES string of the molecule is CCN1CCCC2(CC1)CN(C(=O)c1c(F)cccc1F)c1ccc(Cl)cc12. The normalized spacial score (nSPS) is 22.4. The maximum Gasteiger partial charge on any atom is 0.264 e. The van der Waals surface area contributed by atoms with Crippen LogP contribution in [0.25, 0.3) is 0 Å². The lowest BCUT2D eigenvalue weighted by Crippen LogP contribution is -2.38. The molecule has 1 atom stereocenters. The maximum atomic E-state index is 14.3. The van der Waals surface area contributed by atoms with Gasteiger partial charge in [-0.15, -0.1) is 0 Å². The van der Waals surface area contributed by atoms with Crippen molar-refractivity contribution in [3.8, 4) is 0 Å². The number of fused-ring (bicyclic) bond motifs is 2. The minimum atomic E-state index is -0.834. The molecule has 3 nitrogen and oxygen atoms in total. The lowest BCUT2D eigenvalue weighted by atomic mass is 9.76. The molecule has 28 heavy (non-hydrogen) atoms. The first kappa shape index (κ1) is 19.3. The van der Waals surface area contributed by atoms with E-state index in [2.05, 4.69) is 11.8 Å². The van der Waals surface area contributed by atoms with E-state index in [0.717, 1.165) is 56.6 Å². The van der Waals surface area contributed by atoms with Gasteiger partial charge in [-0.1, -0.05) is 24.6 Å². The fourth-order valence-corrected chi connectivity index (χ4v) is 4.83. The Labute approximate surface area is 168 Å². The molecule has 148 valence electrons. The van der Waals surface area contributed by atoms with Crippen LogP contribution in [-0.2, 0) is 5.41 Å². The number of halogens is 3. The Kier molecular flexibility index (Phi) is 5.15.